The van der Waals surface area contributed by atoms with Crippen LogP contribution in [0, 0.1) is 10.1 Å². The van der Waals surface area contributed by atoms with Crippen molar-refractivity contribution in [1.29, 1.82) is 0 Å². The Balaban J connectivity index is 2.04. The Labute approximate surface area is 153 Å². The lowest BCUT2D eigenvalue weighted by molar-refractivity contribution is -0.384. The maximum atomic E-state index is 12.7. The van der Waals surface area contributed by atoms with Crippen molar-refractivity contribution in [2.45, 2.75) is 9.79 Å². The molecule has 2 aromatic carbocycles. The summed E-state index contributed by atoms with van der Waals surface area (Å²) >= 11 is 0. The predicted octanol–water partition coefficient (Wildman–Crippen LogP) is 2.39. The lowest BCUT2D eigenvalue weighted by Crippen LogP contribution is -2.37. The highest BCUT2D eigenvalue weighted by Gasteiger charge is 2.22. The molecule has 1 aliphatic rings. The second-order valence-electron chi connectivity index (χ2n) is 5.42. The van der Waals surface area contributed by atoms with E-state index in [1.165, 1.54) is 24.3 Å². The molecule has 1 aliphatic heterocycles. The molecule has 1 fully saturated rings. The molecule has 0 saturated carbocycles. The van der Waals surface area contributed by atoms with Crippen molar-refractivity contribution in [3.8, 4) is 0 Å². The molecule has 0 bridgehead atoms. The van der Waals surface area contributed by atoms with Crippen molar-refractivity contribution < 1.29 is 18.1 Å². The fraction of sp³-hybridized carbons (Fsp3) is 0.250. The number of rotatable bonds is 5. The molecule has 8 nitrogen and oxygen atoms in total. The topological polar surface area (TPSA) is 102 Å². The first-order valence-electron chi connectivity index (χ1n) is 7.82. The van der Waals surface area contributed by atoms with Gasteiger partial charge in [0, 0.05) is 41.0 Å². The van der Waals surface area contributed by atoms with Crippen molar-refractivity contribution >= 4 is 26.6 Å². The van der Waals surface area contributed by atoms with E-state index in [0.717, 1.165) is 0 Å². The van der Waals surface area contributed by atoms with Crippen LogP contribution in [0.25, 0.3) is 0 Å². The Bertz CT molecular complexity index is 909. The second kappa shape index (κ2) is 8.04. The average molecular weight is 395 g/mol. The number of ether oxygens (including phenoxy) is 1. The number of nitro groups is 1. The first-order chi connectivity index (χ1) is 12.5. The Hall–Kier alpha value is -2.14. The highest BCUT2D eigenvalue weighted by Crippen LogP contribution is 2.22. The van der Waals surface area contributed by atoms with Crippen LogP contribution in [0.2, 0.25) is 0 Å². The largest absolute Gasteiger partial charge is 0.379 e. The van der Waals surface area contributed by atoms with E-state index in [4.69, 9.17) is 4.74 Å². The van der Waals surface area contributed by atoms with E-state index in [-0.39, 0.29) is 10.6 Å². The number of nitro benzene ring substituents is 1. The van der Waals surface area contributed by atoms with Gasteiger partial charge in [0.15, 0.2) is 0 Å². The van der Waals surface area contributed by atoms with Crippen LogP contribution in [0.5, 0.6) is 0 Å². The zero-order valence-electron chi connectivity index (χ0n) is 13.7. The van der Waals surface area contributed by atoms with E-state index in [9.17, 15) is 18.5 Å². The van der Waals surface area contributed by atoms with Gasteiger partial charge in [0.1, 0.15) is 0 Å². The third kappa shape index (κ3) is 4.33. The first kappa shape index (κ1) is 18.6. The molecule has 1 saturated heterocycles. The Morgan fingerprint density at radius 1 is 1.04 bits per heavy atom. The van der Waals surface area contributed by atoms with Gasteiger partial charge >= 0.3 is 0 Å². The normalized spacial score (nSPS) is 17.1. The van der Waals surface area contributed by atoms with Gasteiger partial charge in [0.2, 0.25) is 0 Å². The molecule has 26 heavy (non-hydrogen) atoms. The van der Waals surface area contributed by atoms with Crippen molar-refractivity contribution in [2.75, 3.05) is 26.3 Å². The summed E-state index contributed by atoms with van der Waals surface area (Å²) in [6, 6.07) is 13.8. The molecule has 0 aliphatic carbocycles. The fourth-order valence-corrected chi connectivity index (χ4v) is 5.86. The van der Waals surface area contributed by atoms with Crippen LogP contribution in [-0.4, -0.2) is 43.9 Å². The van der Waals surface area contributed by atoms with Gasteiger partial charge in [-0.2, -0.15) is 8.42 Å². The van der Waals surface area contributed by atoms with Crippen molar-refractivity contribution in [3.05, 3.63) is 64.7 Å². The van der Waals surface area contributed by atoms with Gasteiger partial charge in [-0.1, -0.05) is 18.2 Å². The number of hydrogen-bond acceptors (Lipinski definition) is 5. The van der Waals surface area contributed by atoms with Crippen LogP contribution in [0.15, 0.2) is 68.2 Å². The Morgan fingerprint density at radius 3 is 2.23 bits per heavy atom. The molecule has 1 atom stereocenters. The number of nitrogens with zero attached hydrogens (tertiary/aromatic N) is 3. The van der Waals surface area contributed by atoms with E-state index in [2.05, 4.69) is 3.77 Å². The lowest BCUT2D eigenvalue weighted by atomic mass is 10.3. The summed E-state index contributed by atoms with van der Waals surface area (Å²) in [5, 5.41) is 10.9. The van der Waals surface area contributed by atoms with Crippen LogP contribution in [-0.2, 0) is 25.6 Å². The number of morpholine rings is 1. The lowest BCUT2D eigenvalue weighted by Gasteiger charge is -2.28. The first-order valence-corrected chi connectivity index (χ1v) is 10.4. The van der Waals surface area contributed by atoms with Gasteiger partial charge < -0.3 is 4.74 Å². The molecule has 0 radical (unpaired) electrons. The summed E-state index contributed by atoms with van der Waals surface area (Å²) in [6.45, 7) is 2.04. The SMILES string of the molecule is O=[N+]([O-])c1ccc(/S(=N/S(=O)(=O)c2ccccc2)N2CCOCC2)cc1. The van der Waals surface area contributed by atoms with Crippen molar-refractivity contribution in [3.63, 3.8) is 0 Å². The smallest absolute Gasteiger partial charge is 0.289 e. The van der Waals surface area contributed by atoms with E-state index >= 15 is 0 Å². The Kier molecular flexibility index (Phi) is 5.77. The van der Waals surface area contributed by atoms with E-state index in [0.29, 0.717) is 31.2 Å². The number of non-ortho nitro benzene ring substituents is 1. The molecule has 1 unspecified atom stereocenters. The standard InChI is InChI=1S/C16H17N3O5S2/c20-19(21)14-6-8-15(9-7-14)25(18-10-12-24-13-11-18)17-26(22,23)16-4-2-1-3-5-16/h1-9H,10-13H2. The third-order valence-corrected chi connectivity index (χ3v) is 7.45. The molecular formula is C16H17N3O5S2. The maximum absolute atomic E-state index is 12.7. The average Bonchev–Trinajstić information content (AvgIpc) is 2.68. The molecule has 1 heterocycles. The van der Waals surface area contributed by atoms with Gasteiger partial charge in [-0.05, 0) is 24.3 Å². The minimum atomic E-state index is -3.86. The highest BCUT2D eigenvalue weighted by atomic mass is 32.3. The molecular weight excluding hydrogens is 378 g/mol. The predicted molar refractivity (Wildman–Crippen MR) is 97.2 cm³/mol. The van der Waals surface area contributed by atoms with E-state index in [1.807, 2.05) is 4.31 Å². The quantitative estimate of drug-likeness (QED) is 0.569. The summed E-state index contributed by atoms with van der Waals surface area (Å²) in [4.78, 5) is 11.1. The van der Waals surface area contributed by atoms with Gasteiger partial charge in [0.05, 0.1) is 23.0 Å². The monoisotopic (exact) mass is 395 g/mol. The van der Waals surface area contributed by atoms with Crippen LogP contribution in [0.4, 0.5) is 5.69 Å². The third-order valence-electron chi connectivity index (χ3n) is 3.68. The molecule has 0 N–H and O–H groups in total. The maximum Gasteiger partial charge on any atom is 0.289 e. The van der Waals surface area contributed by atoms with Crippen LogP contribution >= 0.6 is 0 Å². The van der Waals surface area contributed by atoms with Crippen molar-refractivity contribution in [2.24, 2.45) is 3.77 Å². The molecule has 0 aromatic heterocycles. The van der Waals surface area contributed by atoms with Gasteiger partial charge in [-0.15, -0.1) is 3.77 Å². The summed E-state index contributed by atoms with van der Waals surface area (Å²) in [7, 11) is -4.96. The van der Waals surface area contributed by atoms with Crippen LogP contribution < -0.4 is 0 Å². The molecule has 0 amide bonds. The van der Waals surface area contributed by atoms with Gasteiger partial charge in [-0.25, -0.2) is 4.31 Å². The molecule has 0 spiro atoms. The summed E-state index contributed by atoms with van der Waals surface area (Å²) in [5.41, 5.74) is -0.0507. The second-order valence-corrected chi connectivity index (χ2v) is 8.95. The minimum Gasteiger partial charge on any atom is -0.379 e. The number of sulfonamides is 1. The molecule has 3 rings (SSSR count). The Morgan fingerprint density at radius 2 is 1.65 bits per heavy atom. The number of hydrogen-bond donors (Lipinski definition) is 0. The van der Waals surface area contributed by atoms with E-state index in [1.54, 1.807) is 30.3 Å². The van der Waals surface area contributed by atoms with Crippen molar-refractivity contribution in [1.82, 2.24) is 4.31 Å². The molecule has 138 valence electrons. The zero-order chi connectivity index (χ0) is 18.6. The van der Waals surface area contributed by atoms with Crippen LogP contribution in [0.3, 0.4) is 0 Å². The number of benzene rings is 2. The summed E-state index contributed by atoms with van der Waals surface area (Å²) in [5.74, 6) is 0. The zero-order valence-corrected chi connectivity index (χ0v) is 15.4. The molecule has 10 heteroatoms. The minimum absolute atomic E-state index is 0.0507. The van der Waals surface area contributed by atoms with Gasteiger partial charge in [0.25, 0.3) is 15.7 Å². The van der Waals surface area contributed by atoms with E-state index < -0.39 is 25.8 Å². The highest BCUT2D eigenvalue weighted by molar-refractivity contribution is 7.99. The summed E-state index contributed by atoms with van der Waals surface area (Å²) < 4.78 is 36.8. The molecule has 2 aromatic rings. The summed E-state index contributed by atoms with van der Waals surface area (Å²) in [6.07, 6.45) is 0. The van der Waals surface area contributed by atoms with Gasteiger partial charge in [-0.3, -0.25) is 10.1 Å². The fourth-order valence-electron chi connectivity index (χ4n) is 2.38. The van der Waals surface area contributed by atoms with Crippen LogP contribution in [0.1, 0.15) is 0 Å².